The number of carbonyl (C=O) groups is 1. The van der Waals surface area contributed by atoms with Gasteiger partial charge in [-0.05, 0) is 25.3 Å². The van der Waals surface area contributed by atoms with Crippen LogP contribution in [0.5, 0.6) is 0 Å². The lowest BCUT2D eigenvalue weighted by Gasteiger charge is -2.09. The zero-order chi connectivity index (χ0) is 16.3. The van der Waals surface area contributed by atoms with E-state index < -0.39 is 0 Å². The fourth-order valence-electron chi connectivity index (χ4n) is 2.09. The minimum atomic E-state index is -0.142. The molecule has 1 atom stereocenters. The van der Waals surface area contributed by atoms with Gasteiger partial charge in [-0.3, -0.25) is 9.59 Å². The molecule has 7 heteroatoms. The number of aromatic nitrogens is 2. The van der Waals surface area contributed by atoms with Gasteiger partial charge in [-0.1, -0.05) is 6.92 Å². The lowest BCUT2D eigenvalue weighted by atomic mass is 10.2. The molecule has 0 fully saturated rings. The normalized spacial score (nSPS) is 12.5. The summed E-state index contributed by atoms with van der Waals surface area (Å²) in [5.41, 5.74) is 0.826. The van der Waals surface area contributed by atoms with Crippen LogP contribution in [-0.4, -0.2) is 34.1 Å². The second kappa shape index (κ2) is 7.02. The summed E-state index contributed by atoms with van der Waals surface area (Å²) in [5.74, 6) is 0.459. The Morgan fingerprint density at radius 3 is 2.86 bits per heavy atom. The highest BCUT2D eigenvalue weighted by atomic mass is 32.1. The molecule has 0 saturated heterocycles. The van der Waals surface area contributed by atoms with Gasteiger partial charge in [-0.2, -0.15) is 0 Å². The lowest BCUT2D eigenvalue weighted by molar-refractivity contribution is -0.121. The van der Waals surface area contributed by atoms with Crippen molar-refractivity contribution in [2.75, 3.05) is 13.2 Å². The third-order valence-electron chi connectivity index (χ3n) is 3.64. The third-order valence-corrected chi connectivity index (χ3v) is 4.74. The van der Waals surface area contributed by atoms with E-state index in [-0.39, 0.29) is 30.4 Å². The molecule has 0 aliphatic heterocycles. The number of aliphatic hydroxyl groups excluding tert-OH is 1. The molecule has 2 aromatic heterocycles. The topological polar surface area (TPSA) is 95.1 Å². The predicted molar refractivity (Wildman–Crippen MR) is 87.3 cm³/mol. The molecule has 0 saturated carbocycles. The molecule has 2 rings (SSSR count). The summed E-state index contributed by atoms with van der Waals surface area (Å²) in [7, 11) is 0. The second-order valence-electron chi connectivity index (χ2n) is 5.57. The van der Waals surface area contributed by atoms with Crippen molar-refractivity contribution >= 4 is 27.5 Å². The molecule has 0 bridgehead atoms. The number of hydrogen-bond acceptors (Lipinski definition) is 5. The van der Waals surface area contributed by atoms with Gasteiger partial charge in [0.2, 0.25) is 5.91 Å². The Morgan fingerprint density at radius 2 is 2.18 bits per heavy atom. The predicted octanol–water partition coefficient (Wildman–Crippen LogP) is 1.28. The van der Waals surface area contributed by atoms with E-state index in [1.807, 2.05) is 20.8 Å². The fraction of sp³-hybridized carbons (Fsp3) is 0.533. The van der Waals surface area contributed by atoms with Crippen molar-refractivity contribution in [3.8, 4) is 0 Å². The molecule has 6 nitrogen and oxygen atoms in total. The molecule has 0 aliphatic rings. The molecular weight excluding hydrogens is 302 g/mol. The number of nitrogens with zero attached hydrogens (tertiary/aromatic N) is 1. The van der Waals surface area contributed by atoms with Gasteiger partial charge in [0.05, 0.1) is 5.39 Å². The van der Waals surface area contributed by atoms with E-state index in [2.05, 4.69) is 15.3 Å². The number of thiophene rings is 1. The number of hydrogen-bond donors (Lipinski definition) is 3. The zero-order valence-electron chi connectivity index (χ0n) is 13.0. The van der Waals surface area contributed by atoms with Crippen LogP contribution < -0.4 is 10.9 Å². The molecule has 0 radical (unpaired) electrons. The molecule has 1 unspecified atom stereocenters. The molecule has 3 N–H and O–H groups in total. The first kappa shape index (κ1) is 16.6. The van der Waals surface area contributed by atoms with Crippen molar-refractivity contribution in [1.29, 1.82) is 0 Å². The van der Waals surface area contributed by atoms with Gasteiger partial charge in [0.1, 0.15) is 10.7 Å². The van der Waals surface area contributed by atoms with Crippen molar-refractivity contribution in [2.45, 2.75) is 33.6 Å². The van der Waals surface area contributed by atoms with Gasteiger partial charge in [-0.15, -0.1) is 11.3 Å². The molecule has 0 aliphatic carbocycles. The first-order chi connectivity index (χ1) is 10.4. The molecule has 1 amide bonds. The minimum Gasteiger partial charge on any atom is -0.396 e. The van der Waals surface area contributed by atoms with Crippen LogP contribution in [-0.2, 0) is 11.2 Å². The first-order valence-electron chi connectivity index (χ1n) is 7.28. The number of aromatic amines is 1. The average molecular weight is 323 g/mol. The summed E-state index contributed by atoms with van der Waals surface area (Å²) in [4.78, 5) is 32.9. The summed E-state index contributed by atoms with van der Waals surface area (Å²) < 4.78 is 0. The van der Waals surface area contributed by atoms with Crippen LogP contribution in [0.25, 0.3) is 10.2 Å². The monoisotopic (exact) mass is 323 g/mol. The first-order valence-corrected chi connectivity index (χ1v) is 8.10. The Kier molecular flexibility index (Phi) is 5.31. The summed E-state index contributed by atoms with van der Waals surface area (Å²) in [6, 6.07) is 0. The molecule has 0 aromatic carbocycles. The zero-order valence-corrected chi connectivity index (χ0v) is 13.8. The maximum atomic E-state index is 12.1. The van der Waals surface area contributed by atoms with Crippen LogP contribution in [0.1, 0.15) is 29.6 Å². The van der Waals surface area contributed by atoms with Gasteiger partial charge in [0, 0.05) is 30.9 Å². The SMILES string of the molecule is Cc1sc2nc(CCC(=O)NCC(C)CO)[nH]c(=O)c2c1C. The Hall–Kier alpha value is -1.73. The second-order valence-corrected chi connectivity index (χ2v) is 6.77. The summed E-state index contributed by atoms with van der Waals surface area (Å²) in [5, 5.41) is 12.3. The van der Waals surface area contributed by atoms with Crippen molar-refractivity contribution in [3.05, 3.63) is 26.6 Å². The largest absolute Gasteiger partial charge is 0.396 e. The quantitative estimate of drug-likeness (QED) is 0.746. The van der Waals surface area contributed by atoms with Crippen molar-refractivity contribution in [3.63, 3.8) is 0 Å². The van der Waals surface area contributed by atoms with Gasteiger partial charge >= 0.3 is 0 Å². The van der Waals surface area contributed by atoms with Gasteiger partial charge in [0.15, 0.2) is 0 Å². The van der Waals surface area contributed by atoms with E-state index >= 15 is 0 Å². The van der Waals surface area contributed by atoms with Crippen LogP contribution in [0.3, 0.4) is 0 Å². The number of nitrogens with one attached hydrogen (secondary N) is 2. The molecule has 2 heterocycles. The number of H-pyrrole nitrogens is 1. The van der Waals surface area contributed by atoms with Crippen LogP contribution in [0.15, 0.2) is 4.79 Å². The standard InChI is InChI=1S/C15H21N3O3S/c1-8(7-19)6-16-12(20)5-4-11-17-14(21)13-9(2)10(3)22-15(13)18-11/h8,19H,4-7H2,1-3H3,(H,16,20)(H,17,18,21). The van der Waals surface area contributed by atoms with E-state index in [4.69, 9.17) is 5.11 Å². The van der Waals surface area contributed by atoms with Crippen LogP contribution >= 0.6 is 11.3 Å². The van der Waals surface area contributed by atoms with Crippen LogP contribution in [0, 0.1) is 19.8 Å². The number of fused-ring (bicyclic) bond motifs is 1. The molecule has 2 aromatic rings. The summed E-state index contributed by atoms with van der Waals surface area (Å²) in [6.07, 6.45) is 0.649. The van der Waals surface area contributed by atoms with Crippen LogP contribution in [0.4, 0.5) is 0 Å². The Labute approximate surface area is 132 Å². The highest BCUT2D eigenvalue weighted by Crippen LogP contribution is 2.25. The number of rotatable bonds is 6. The lowest BCUT2D eigenvalue weighted by Crippen LogP contribution is -2.29. The Morgan fingerprint density at radius 1 is 1.45 bits per heavy atom. The number of carbonyl (C=O) groups excluding carboxylic acids is 1. The van der Waals surface area contributed by atoms with Gasteiger partial charge < -0.3 is 15.4 Å². The molecule has 22 heavy (non-hydrogen) atoms. The summed E-state index contributed by atoms with van der Waals surface area (Å²) >= 11 is 1.50. The van der Waals surface area contributed by atoms with Gasteiger partial charge in [0.25, 0.3) is 5.56 Å². The van der Waals surface area contributed by atoms with E-state index in [0.717, 1.165) is 15.3 Å². The molecular formula is C15H21N3O3S. The highest BCUT2D eigenvalue weighted by Gasteiger charge is 2.12. The summed E-state index contributed by atoms with van der Waals surface area (Å²) in [6.45, 7) is 6.23. The molecule has 120 valence electrons. The Balaban J connectivity index is 2.03. The van der Waals surface area contributed by atoms with E-state index in [1.54, 1.807) is 0 Å². The maximum absolute atomic E-state index is 12.1. The molecule has 0 spiro atoms. The smallest absolute Gasteiger partial charge is 0.259 e. The number of aliphatic hydroxyl groups is 1. The third kappa shape index (κ3) is 3.72. The average Bonchev–Trinajstić information content (AvgIpc) is 2.77. The Bertz CT molecular complexity index is 735. The number of aryl methyl sites for hydroxylation is 3. The van der Waals surface area contributed by atoms with Crippen LogP contribution in [0.2, 0.25) is 0 Å². The van der Waals surface area contributed by atoms with Crippen molar-refractivity contribution in [1.82, 2.24) is 15.3 Å². The van der Waals surface area contributed by atoms with Crippen molar-refractivity contribution < 1.29 is 9.90 Å². The van der Waals surface area contributed by atoms with E-state index in [0.29, 0.717) is 24.2 Å². The fourth-order valence-corrected chi connectivity index (χ4v) is 3.14. The highest BCUT2D eigenvalue weighted by molar-refractivity contribution is 7.18. The minimum absolute atomic E-state index is 0.0373. The maximum Gasteiger partial charge on any atom is 0.259 e. The number of amides is 1. The van der Waals surface area contributed by atoms with Gasteiger partial charge in [-0.25, -0.2) is 4.98 Å². The van der Waals surface area contributed by atoms with Crippen molar-refractivity contribution in [2.24, 2.45) is 5.92 Å². The van der Waals surface area contributed by atoms with E-state index in [9.17, 15) is 9.59 Å². The van der Waals surface area contributed by atoms with E-state index in [1.165, 1.54) is 11.3 Å².